The van der Waals surface area contributed by atoms with Crippen molar-refractivity contribution >= 4 is 46.1 Å². The fourth-order valence-electron chi connectivity index (χ4n) is 0. The van der Waals surface area contributed by atoms with Crippen LogP contribution in [0.3, 0.4) is 0 Å². The van der Waals surface area contributed by atoms with E-state index in [1.165, 1.54) is 0 Å². The van der Waals surface area contributed by atoms with Crippen molar-refractivity contribution in [3.8, 4) is 0 Å². The van der Waals surface area contributed by atoms with Crippen LogP contribution in [0.5, 0.6) is 0 Å². The van der Waals surface area contributed by atoms with Gasteiger partial charge >= 0.3 is 46.1 Å². The van der Waals surface area contributed by atoms with Gasteiger partial charge in [0.2, 0.25) is 0 Å². The zero-order valence-electron chi connectivity index (χ0n) is 9.81. The molecule has 0 spiro atoms. The summed E-state index contributed by atoms with van der Waals surface area (Å²) in [6.45, 7) is 0. The Hall–Kier alpha value is 2.42. The Morgan fingerprint density at radius 2 is 0.364 bits per heavy atom. The molecule has 7 nitrogen and oxygen atoms in total. The summed E-state index contributed by atoms with van der Waals surface area (Å²) in [5.41, 5.74) is 0. The predicted octanol–water partition coefficient (Wildman–Crippen LogP) is -6.09. The molecule has 74 valence electrons. The van der Waals surface area contributed by atoms with E-state index in [1.54, 1.807) is 0 Å². The Labute approximate surface area is 126 Å². The summed E-state index contributed by atoms with van der Waals surface area (Å²) in [7, 11) is 0. The zero-order chi connectivity index (χ0) is 0. The molecule has 0 aromatic heterocycles. The minimum absolute atomic E-state index is 0. The van der Waals surface area contributed by atoms with E-state index in [9.17, 15) is 0 Å². The molecule has 14 N–H and O–H groups in total. The van der Waals surface area contributed by atoms with Gasteiger partial charge in [0.15, 0.2) is 0 Å². The fraction of sp³-hybridized carbons (Fsp3) is 0. The molecule has 0 aromatic carbocycles. The number of hydrogen-bond acceptors (Lipinski definition) is 0. The van der Waals surface area contributed by atoms with Gasteiger partial charge in [-0.05, 0) is 0 Å². The summed E-state index contributed by atoms with van der Waals surface area (Å²) in [5, 5.41) is 0. The van der Waals surface area contributed by atoms with Crippen molar-refractivity contribution in [2.75, 3.05) is 0 Å². The van der Waals surface area contributed by atoms with Crippen LogP contribution in [0, 0.1) is 0 Å². The van der Waals surface area contributed by atoms with Crippen LogP contribution in [0.4, 0.5) is 0 Å². The molecular formula is H18Mg2O7V2. The first-order chi connectivity index (χ1) is 0. The largest absolute Gasteiger partial charge is 2.00 e. The molecule has 0 rings (SSSR count). The summed E-state index contributed by atoms with van der Waals surface area (Å²) in [5.74, 6) is 0. The molecule has 0 fully saturated rings. The van der Waals surface area contributed by atoms with Crippen molar-refractivity contribution in [3.05, 3.63) is 0 Å². The Balaban J connectivity index is 0. The molecule has 0 bridgehead atoms. The third-order valence-electron chi connectivity index (χ3n) is 0. The van der Waals surface area contributed by atoms with Crippen LogP contribution in [0.15, 0.2) is 0 Å². The van der Waals surface area contributed by atoms with Gasteiger partial charge in [-0.2, -0.15) is 0 Å². The average molecular weight is 281 g/mol. The SMILES string of the molecule is O.O.O.O.O.O.O.[H-].[H-].[H-].[H-].[Mg+2].[Mg+2].[V].[V]. The van der Waals surface area contributed by atoms with Gasteiger partial charge in [0.05, 0.1) is 0 Å². The minimum atomic E-state index is 0. The molecule has 0 aliphatic rings. The number of hydrogen-bond donors (Lipinski definition) is 0. The van der Waals surface area contributed by atoms with Crippen molar-refractivity contribution in [1.29, 1.82) is 0 Å². The van der Waals surface area contributed by atoms with Gasteiger partial charge in [-0.3, -0.25) is 0 Å². The van der Waals surface area contributed by atoms with Crippen LogP contribution in [0.25, 0.3) is 0 Å². The third kappa shape index (κ3) is 230. The minimum Gasteiger partial charge on any atom is -1.00 e. The van der Waals surface area contributed by atoms with Crippen LogP contribution in [0.2, 0.25) is 0 Å². The van der Waals surface area contributed by atoms with Gasteiger partial charge in [-0.1, -0.05) is 0 Å². The normalized spacial score (nSPS) is 0. The standard InChI is InChI=1S/2Mg.7H2O.2V.4H/h;;7*1H2;;;;;;/q2*+2;;;;;;;;;;4*-1. The van der Waals surface area contributed by atoms with Crippen molar-refractivity contribution in [3.63, 3.8) is 0 Å². The third-order valence-corrected chi connectivity index (χ3v) is 0. The fourth-order valence-corrected chi connectivity index (χ4v) is 0. The first-order valence-electron chi connectivity index (χ1n) is 0. The molecule has 0 amide bonds. The second-order valence-corrected chi connectivity index (χ2v) is 0. The van der Waals surface area contributed by atoms with E-state index in [0.29, 0.717) is 0 Å². The second-order valence-electron chi connectivity index (χ2n) is 0. The predicted molar refractivity (Wildman–Crippen MR) is 41.3 cm³/mol. The maximum absolute atomic E-state index is 0. The van der Waals surface area contributed by atoms with Gasteiger partial charge in [-0.15, -0.1) is 0 Å². The maximum atomic E-state index is 0. The van der Waals surface area contributed by atoms with E-state index in [1.807, 2.05) is 0 Å². The van der Waals surface area contributed by atoms with Gasteiger partial charge in [0.1, 0.15) is 0 Å². The maximum Gasteiger partial charge on any atom is 2.00 e. The summed E-state index contributed by atoms with van der Waals surface area (Å²) in [6, 6.07) is 0. The smallest absolute Gasteiger partial charge is 1.00 e. The molecule has 11 heavy (non-hydrogen) atoms. The molecule has 0 aliphatic heterocycles. The summed E-state index contributed by atoms with van der Waals surface area (Å²) in [6.07, 6.45) is 0. The van der Waals surface area contributed by atoms with E-state index in [-0.39, 0.29) is 127 Å². The molecule has 0 aliphatic carbocycles. The van der Waals surface area contributed by atoms with Crippen LogP contribution < -0.4 is 0 Å². The molecule has 0 atom stereocenters. The van der Waals surface area contributed by atoms with Crippen molar-refractivity contribution < 1.29 is 81.2 Å². The quantitative estimate of drug-likeness (QED) is 0.378. The van der Waals surface area contributed by atoms with Gasteiger partial charge in [0, 0.05) is 37.1 Å². The molecule has 0 unspecified atom stereocenters. The molecule has 0 aromatic rings. The molecule has 0 saturated carbocycles. The van der Waals surface area contributed by atoms with Gasteiger partial charge in [0.25, 0.3) is 0 Å². The Bertz CT molecular complexity index is 27.0. The van der Waals surface area contributed by atoms with Crippen molar-refractivity contribution in [2.24, 2.45) is 0 Å². The van der Waals surface area contributed by atoms with E-state index in [4.69, 9.17) is 0 Å². The Morgan fingerprint density at radius 3 is 0.364 bits per heavy atom. The molecular weight excluding hydrogens is 262 g/mol. The van der Waals surface area contributed by atoms with E-state index >= 15 is 0 Å². The topological polar surface area (TPSA) is 220 Å². The van der Waals surface area contributed by atoms with Crippen LogP contribution in [-0.2, 0) is 37.1 Å². The molecule has 0 saturated heterocycles. The Kier molecular flexibility index (Phi) is 8870. The van der Waals surface area contributed by atoms with Gasteiger partial charge in [-0.25, -0.2) is 0 Å². The van der Waals surface area contributed by atoms with Crippen molar-refractivity contribution in [1.82, 2.24) is 0 Å². The van der Waals surface area contributed by atoms with Crippen LogP contribution in [-0.4, -0.2) is 84.4 Å². The van der Waals surface area contributed by atoms with E-state index in [0.717, 1.165) is 0 Å². The van der Waals surface area contributed by atoms with Crippen molar-refractivity contribution in [2.45, 2.75) is 0 Å². The average Bonchev–Trinajstić information content (AvgIpc) is 0. The molecule has 2 radical (unpaired) electrons. The molecule has 0 heterocycles. The first-order valence-corrected chi connectivity index (χ1v) is 0. The van der Waals surface area contributed by atoms with E-state index < -0.39 is 0 Å². The monoisotopic (exact) mass is 280 g/mol. The first kappa shape index (κ1) is 353. The summed E-state index contributed by atoms with van der Waals surface area (Å²) >= 11 is 0. The van der Waals surface area contributed by atoms with E-state index in [2.05, 4.69) is 0 Å². The number of rotatable bonds is 0. The molecule has 11 heteroatoms. The van der Waals surface area contributed by atoms with Crippen LogP contribution in [0.1, 0.15) is 5.71 Å². The Morgan fingerprint density at radius 1 is 0.364 bits per heavy atom. The summed E-state index contributed by atoms with van der Waals surface area (Å²) in [4.78, 5) is 0. The second kappa shape index (κ2) is 276. The van der Waals surface area contributed by atoms with Crippen LogP contribution >= 0.6 is 0 Å². The van der Waals surface area contributed by atoms with Gasteiger partial charge < -0.3 is 44.0 Å². The summed E-state index contributed by atoms with van der Waals surface area (Å²) < 4.78 is 0. The zero-order valence-corrected chi connectivity index (χ0v) is 11.4.